The summed E-state index contributed by atoms with van der Waals surface area (Å²) < 4.78 is 6.57. The summed E-state index contributed by atoms with van der Waals surface area (Å²) in [6, 6.07) is 17.2. The SMILES string of the molecule is CC(C)c1ccc(NC(=O)C2[C@H]3C=CC4(O3)C(C(=O)NC3CCCC(C)C3C)N(CCN(C)Cc3ccccc3)C(=O)[C@@H]24)cc1. The van der Waals surface area contributed by atoms with Gasteiger partial charge >= 0.3 is 0 Å². The van der Waals surface area contributed by atoms with Gasteiger partial charge in [-0.15, -0.1) is 0 Å². The summed E-state index contributed by atoms with van der Waals surface area (Å²) in [6.07, 6.45) is 6.38. The number of carbonyl (C=O) groups excluding carboxylic acids is 3. The molecule has 240 valence electrons. The van der Waals surface area contributed by atoms with Crippen molar-refractivity contribution in [2.45, 2.75) is 83.2 Å². The Balaban J connectivity index is 1.25. The van der Waals surface area contributed by atoms with E-state index in [4.69, 9.17) is 4.74 Å². The number of likely N-dealkylation sites (tertiary alicyclic amines) is 1. The van der Waals surface area contributed by atoms with Crippen LogP contribution in [-0.4, -0.2) is 71.4 Å². The first-order valence-electron chi connectivity index (χ1n) is 16.7. The fourth-order valence-electron chi connectivity index (χ4n) is 7.98. The molecule has 3 heterocycles. The Morgan fingerprint density at radius 1 is 1.04 bits per heavy atom. The second kappa shape index (κ2) is 12.7. The van der Waals surface area contributed by atoms with Gasteiger partial charge in [-0.05, 0) is 54.5 Å². The number of fused-ring (bicyclic) bond motifs is 1. The van der Waals surface area contributed by atoms with E-state index in [0.717, 1.165) is 25.8 Å². The van der Waals surface area contributed by atoms with Gasteiger partial charge in [-0.1, -0.05) is 95.2 Å². The first-order chi connectivity index (χ1) is 21.6. The van der Waals surface area contributed by atoms with Crippen LogP contribution in [0.15, 0.2) is 66.7 Å². The van der Waals surface area contributed by atoms with Crippen LogP contribution in [0.4, 0.5) is 5.69 Å². The summed E-state index contributed by atoms with van der Waals surface area (Å²) in [5.41, 5.74) is 1.88. The lowest BCUT2D eigenvalue weighted by Gasteiger charge is -2.38. The molecule has 1 saturated carbocycles. The molecule has 3 fully saturated rings. The molecule has 2 aromatic carbocycles. The van der Waals surface area contributed by atoms with Gasteiger partial charge in [0.25, 0.3) is 0 Å². The van der Waals surface area contributed by atoms with Gasteiger partial charge in [-0.25, -0.2) is 0 Å². The second-order valence-electron chi connectivity index (χ2n) is 14.1. The summed E-state index contributed by atoms with van der Waals surface area (Å²) in [4.78, 5) is 46.4. The van der Waals surface area contributed by atoms with Crippen LogP contribution in [0.1, 0.15) is 64.0 Å². The van der Waals surface area contributed by atoms with E-state index in [0.29, 0.717) is 36.5 Å². The largest absolute Gasteiger partial charge is 0.359 e. The minimum atomic E-state index is -1.17. The van der Waals surface area contributed by atoms with Crippen LogP contribution in [-0.2, 0) is 25.7 Å². The number of benzene rings is 2. The molecule has 3 amide bonds. The molecule has 4 aliphatic rings. The topological polar surface area (TPSA) is 91.0 Å². The van der Waals surface area contributed by atoms with E-state index in [-0.39, 0.29) is 23.8 Å². The number of hydrogen-bond donors (Lipinski definition) is 2. The van der Waals surface area contributed by atoms with E-state index in [1.807, 2.05) is 61.7 Å². The van der Waals surface area contributed by atoms with Crippen molar-refractivity contribution in [1.29, 1.82) is 0 Å². The number of carbonyl (C=O) groups is 3. The highest BCUT2D eigenvalue weighted by Gasteiger charge is 2.72. The van der Waals surface area contributed by atoms with Crippen LogP contribution in [0.25, 0.3) is 0 Å². The molecule has 0 radical (unpaired) electrons. The minimum absolute atomic E-state index is 0.0462. The third-order valence-corrected chi connectivity index (χ3v) is 10.8. The maximum absolute atomic E-state index is 14.4. The van der Waals surface area contributed by atoms with Crippen molar-refractivity contribution in [2.75, 3.05) is 25.5 Å². The third kappa shape index (κ3) is 5.95. The van der Waals surface area contributed by atoms with Gasteiger partial charge in [0.05, 0.1) is 17.9 Å². The van der Waals surface area contributed by atoms with E-state index in [1.54, 1.807) is 4.90 Å². The highest BCUT2D eigenvalue weighted by Crippen LogP contribution is 2.55. The van der Waals surface area contributed by atoms with Gasteiger partial charge in [0, 0.05) is 31.4 Å². The molecule has 8 atom stereocenters. The van der Waals surface area contributed by atoms with E-state index >= 15 is 0 Å². The van der Waals surface area contributed by atoms with Crippen LogP contribution in [0.2, 0.25) is 0 Å². The number of hydrogen-bond acceptors (Lipinski definition) is 5. The van der Waals surface area contributed by atoms with Gasteiger partial charge in [-0.2, -0.15) is 0 Å². The van der Waals surface area contributed by atoms with Crippen LogP contribution in [0.3, 0.4) is 0 Å². The lowest BCUT2D eigenvalue weighted by atomic mass is 9.73. The Bertz CT molecular complexity index is 1430. The van der Waals surface area contributed by atoms with E-state index in [1.165, 1.54) is 11.1 Å². The fourth-order valence-corrected chi connectivity index (χ4v) is 7.98. The van der Waals surface area contributed by atoms with Crippen LogP contribution >= 0.6 is 0 Å². The zero-order chi connectivity index (χ0) is 31.9. The summed E-state index contributed by atoms with van der Waals surface area (Å²) in [6.45, 7) is 10.4. The number of likely N-dealkylation sites (N-methyl/N-ethyl adjacent to an activating group) is 1. The monoisotopic (exact) mass is 612 g/mol. The van der Waals surface area contributed by atoms with Crippen molar-refractivity contribution in [1.82, 2.24) is 15.1 Å². The average Bonchev–Trinajstić information content (AvgIpc) is 3.66. The molecule has 45 heavy (non-hydrogen) atoms. The third-order valence-electron chi connectivity index (χ3n) is 10.8. The quantitative estimate of drug-likeness (QED) is 0.370. The maximum atomic E-state index is 14.4. The van der Waals surface area contributed by atoms with Crippen molar-refractivity contribution in [3.05, 3.63) is 77.9 Å². The summed E-state index contributed by atoms with van der Waals surface area (Å²) in [5.74, 6) is -0.856. The normalized spacial score (nSPS) is 31.9. The van der Waals surface area contributed by atoms with Gasteiger partial charge in [-0.3, -0.25) is 14.4 Å². The standard InChI is InChI=1S/C37H48N4O4/c1-23(2)27-14-16-28(17-15-27)38-34(42)31-30-18-19-37(45-30)32(31)36(44)41(21-20-40(5)22-26-11-7-6-8-12-26)33(37)35(43)39-29-13-9-10-24(3)25(29)4/h6-8,11-12,14-19,23-25,29-33H,9-10,13,20-22H2,1-5H3,(H,38,42)(H,39,43)/t24?,25?,29?,30-,31?,32-,33?,37?/m1/s1. The number of anilines is 1. The van der Waals surface area contributed by atoms with Gasteiger partial charge in [0.1, 0.15) is 11.6 Å². The summed E-state index contributed by atoms with van der Waals surface area (Å²) in [7, 11) is 2.02. The molecule has 2 bridgehead atoms. The summed E-state index contributed by atoms with van der Waals surface area (Å²) >= 11 is 0. The van der Waals surface area contributed by atoms with Crippen molar-refractivity contribution in [3.8, 4) is 0 Å². The summed E-state index contributed by atoms with van der Waals surface area (Å²) in [5, 5.41) is 6.39. The smallest absolute Gasteiger partial charge is 0.246 e. The molecule has 6 rings (SSSR count). The predicted octanol–water partition coefficient (Wildman–Crippen LogP) is 4.97. The molecule has 2 aromatic rings. The highest BCUT2D eigenvalue weighted by atomic mass is 16.5. The number of amides is 3. The average molecular weight is 613 g/mol. The minimum Gasteiger partial charge on any atom is -0.359 e. The Morgan fingerprint density at radius 2 is 1.78 bits per heavy atom. The Hall–Kier alpha value is -3.49. The van der Waals surface area contributed by atoms with Crippen molar-refractivity contribution in [3.63, 3.8) is 0 Å². The Morgan fingerprint density at radius 3 is 2.49 bits per heavy atom. The van der Waals surface area contributed by atoms with E-state index in [9.17, 15) is 14.4 Å². The number of nitrogens with one attached hydrogen (secondary N) is 2. The molecular weight excluding hydrogens is 564 g/mol. The molecule has 1 aliphatic carbocycles. The first kappa shape index (κ1) is 31.5. The fraction of sp³-hybridized carbons (Fsp3) is 0.541. The highest BCUT2D eigenvalue weighted by molar-refractivity contribution is 6.02. The number of ether oxygens (including phenoxy) is 1. The van der Waals surface area contributed by atoms with Crippen molar-refractivity contribution < 1.29 is 19.1 Å². The second-order valence-corrected chi connectivity index (χ2v) is 14.1. The zero-order valence-corrected chi connectivity index (χ0v) is 27.2. The lowest BCUT2D eigenvalue weighted by Crippen LogP contribution is -2.58. The van der Waals surface area contributed by atoms with Crippen LogP contribution < -0.4 is 10.6 Å². The molecular formula is C37H48N4O4. The Kier molecular flexibility index (Phi) is 8.90. The number of nitrogens with zero attached hydrogens (tertiary/aromatic N) is 2. The van der Waals surface area contributed by atoms with Crippen LogP contribution in [0, 0.1) is 23.7 Å². The Labute approximate surface area is 267 Å². The maximum Gasteiger partial charge on any atom is 0.246 e. The lowest BCUT2D eigenvalue weighted by molar-refractivity contribution is -0.141. The van der Waals surface area contributed by atoms with Crippen LogP contribution in [0.5, 0.6) is 0 Å². The molecule has 2 saturated heterocycles. The van der Waals surface area contributed by atoms with Gasteiger partial charge in [0.2, 0.25) is 17.7 Å². The molecule has 1 spiro atoms. The van der Waals surface area contributed by atoms with Gasteiger partial charge < -0.3 is 25.2 Å². The molecule has 8 nitrogen and oxygen atoms in total. The number of rotatable bonds is 10. The zero-order valence-electron chi connectivity index (χ0n) is 27.2. The molecule has 0 aromatic heterocycles. The molecule has 2 N–H and O–H groups in total. The predicted molar refractivity (Wildman–Crippen MR) is 175 cm³/mol. The molecule has 6 unspecified atom stereocenters. The van der Waals surface area contributed by atoms with Crippen molar-refractivity contribution in [2.24, 2.45) is 23.7 Å². The molecule has 3 aliphatic heterocycles. The van der Waals surface area contributed by atoms with Gasteiger partial charge in [0.15, 0.2) is 0 Å². The first-order valence-corrected chi connectivity index (χ1v) is 16.7. The van der Waals surface area contributed by atoms with E-state index < -0.39 is 29.6 Å². The molecule has 8 heteroatoms. The van der Waals surface area contributed by atoms with Crippen molar-refractivity contribution >= 4 is 23.4 Å². The van der Waals surface area contributed by atoms with E-state index in [2.05, 4.69) is 55.4 Å².